The number of esters is 1. The lowest BCUT2D eigenvalue weighted by atomic mass is 9.68. The number of nitriles is 1. The Labute approximate surface area is 172 Å². The lowest BCUT2D eigenvalue weighted by molar-refractivity contribution is -0.153. The van der Waals surface area contributed by atoms with Gasteiger partial charge in [-0.3, -0.25) is 14.4 Å². The van der Waals surface area contributed by atoms with Gasteiger partial charge < -0.3 is 21.1 Å². The fourth-order valence-corrected chi connectivity index (χ4v) is 4.20. The Morgan fingerprint density at radius 1 is 1.28 bits per heavy atom. The van der Waals surface area contributed by atoms with Crippen LogP contribution in [0, 0.1) is 16.7 Å². The van der Waals surface area contributed by atoms with Gasteiger partial charge in [0.1, 0.15) is 6.04 Å². The summed E-state index contributed by atoms with van der Waals surface area (Å²) in [5, 5.41) is 10.7. The third-order valence-electron chi connectivity index (χ3n) is 5.26. The molecule has 4 unspecified atom stereocenters. The molecule has 0 radical (unpaired) electrons. The third-order valence-corrected chi connectivity index (χ3v) is 5.52. The molecule has 2 heterocycles. The number of benzene rings is 1. The minimum atomic E-state index is -1.78. The minimum Gasteiger partial charge on any atom is -0.465 e. The number of carbonyl (C=O) groups excluding carboxylic acids is 3. The van der Waals surface area contributed by atoms with Crippen molar-refractivity contribution in [3.05, 3.63) is 58.8 Å². The summed E-state index contributed by atoms with van der Waals surface area (Å²) >= 11 is 5.98. The maximum absolute atomic E-state index is 13.1. The molecule has 1 aromatic rings. The van der Waals surface area contributed by atoms with Crippen molar-refractivity contribution in [3.8, 4) is 6.07 Å². The molecular weight excluding hydrogens is 396 g/mol. The third kappa shape index (κ3) is 3.13. The van der Waals surface area contributed by atoms with Crippen LogP contribution in [0.5, 0.6) is 0 Å². The number of halogens is 1. The first-order chi connectivity index (χ1) is 13.8. The summed E-state index contributed by atoms with van der Waals surface area (Å²) in [4.78, 5) is 38.7. The van der Waals surface area contributed by atoms with Crippen molar-refractivity contribution in [1.29, 1.82) is 5.26 Å². The van der Waals surface area contributed by atoms with Gasteiger partial charge in [0.25, 0.3) is 0 Å². The van der Waals surface area contributed by atoms with Gasteiger partial charge in [-0.15, -0.1) is 0 Å². The molecule has 1 fully saturated rings. The van der Waals surface area contributed by atoms with E-state index in [0.717, 1.165) is 0 Å². The second kappa shape index (κ2) is 7.60. The molecule has 4 N–H and O–H groups in total. The summed E-state index contributed by atoms with van der Waals surface area (Å²) in [7, 11) is 0. The minimum absolute atomic E-state index is 0.0512. The molecule has 2 aliphatic rings. The van der Waals surface area contributed by atoms with Gasteiger partial charge in [-0.1, -0.05) is 29.8 Å². The highest BCUT2D eigenvalue weighted by atomic mass is 35.5. The molecule has 1 saturated heterocycles. The van der Waals surface area contributed by atoms with E-state index >= 15 is 0 Å². The van der Waals surface area contributed by atoms with Gasteiger partial charge >= 0.3 is 5.97 Å². The summed E-state index contributed by atoms with van der Waals surface area (Å²) in [6, 6.07) is 6.59. The standard InChI is InChI=1S/C20H19ClN4O4/c1-2-29-19(28)20(10-22)14-8-5-12(17(23)26)9-25(14)16(18(24)27)15(20)11-3-6-13(21)7-4-11/h3-9,14-16H,2H2,1H3,(H2,23,26)(H2,24,27). The first-order valence-corrected chi connectivity index (χ1v) is 9.26. The molecule has 0 saturated carbocycles. The normalized spacial score (nSPS) is 27.6. The van der Waals surface area contributed by atoms with E-state index in [-0.39, 0.29) is 12.2 Å². The van der Waals surface area contributed by atoms with Gasteiger partial charge in [-0.25, -0.2) is 0 Å². The van der Waals surface area contributed by atoms with Gasteiger partial charge in [0.05, 0.1) is 24.3 Å². The van der Waals surface area contributed by atoms with Crippen LogP contribution >= 0.6 is 11.6 Å². The Balaban J connectivity index is 2.28. The second-order valence-electron chi connectivity index (χ2n) is 6.78. The Bertz CT molecular complexity index is 966. The Morgan fingerprint density at radius 2 is 1.93 bits per heavy atom. The first-order valence-electron chi connectivity index (χ1n) is 8.88. The van der Waals surface area contributed by atoms with Crippen molar-refractivity contribution in [2.45, 2.75) is 24.9 Å². The average molecular weight is 415 g/mol. The molecule has 3 rings (SSSR count). The number of ether oxygens (including phenoxy) is 1. The van der Waals surface area contributed by atoms with E-state index in [4.69, 9.17) is 27.8 Å². The van der Waals surface area contributed by atoms with Crippen LogP contribution in [0.1, 0.15) is 18.4 Å². The maximum atomic E-state index is 13.1. The van der Waals surface area contributed by atoms with E-state index < -0.39 is 41.2 Å². The van der Waals surface area contributed by atoms with E-state index in [1.54, 1.807) is 31.2 Å². The van der Waals surface area contributed by atoms with Crippen LogP contribution in [0.25, 0.3) is 0 Å². The van der Waals surface area contributed by atoms with Crippen molar-refractivity contribution in [3.63, 3.8) is 0 Å². The summed E-state index contributed by atoms with van der Waals surface area (Å²) in [5.41, 5.74) is 9.93. The summed E-state index contributed by atoms with van der Waals surface area (Å²) in [6.45, 7) is 1.68. The molecule has 150 valence electrons. The molecule has 1 aromatic carbocycles. The number of carbonyl (C=O) groups is 3. The van der Waals surface area contributed by atoms with Crippen LogP contribution in [0.4, 0.5) is 0 Å². The first kappa shape index (κ1) is 20.4. The zero-order valence-corrected chi connectivity index (χ0v) is 16.3. The lowest BCUT2D eigenvalue weighted by Gasteiger charge is -2.32. The van der Waals surface area contributed by atoms with Gasteiger partial charge in [-0.05, 0) is 30.7 Å². The van der Waals surface area contributed by atoms with Crippen molar-refractivity contribution < 1.29 is 19.1 Å². The van der Waals surface area contributed by atoms with Crippen molar-refractivity contribution >= 4 is 29.4 Å². The number of nitrogens with zero attached hydrogens (tertiary/aromatic N) is 2. The molecule has 0 aromatic heterocycles. The van der Waals surface area contributed by atoms with Gasteiger partial charge in [0.15, 0.2) is 5.41 Å². The zero-order chi connectivity index (χ0) is 21.3. The van der Waals surface area contributed by atoms with E-state index in [0.29, 0.717) is 10.6 Å². The van der Waals surface area contributed by atoms with E-state index in [1.165, 1.54) is 23.3 Å². The number of primary amides is 2. The number of nitrogens with two attached hydrogens (primary N) is 2. The quantitative estimate of drug-likeness (QED) is 0.688. The van der Waals surface area contributed by atoms with E-state index in [2.05, 4.69) is 6.07 Å². The molecule has 0 spiro atoms. The van der Waals surface area contributed by atoms with Crippen LogP contribution in [0.2, 0.25) is 5.02 Å². The molecule has 9 heteroatoms. The predicted molar refractivity (Wildman–Crippen MR) is 104 cm³/mol. The fourth-order valence-electron chi connectivity index (χ4n) is 4.08. The topological polar surface area (TPSA) is 140 Å². The van der Waals surface area contributed by atoms with Gasteiger partial charge in [0, 0.05) is 17.1 Å². The van der Waals surface area contributed by atoms with Gasteiger partial charge in [-0.2, -0.15) is 5.26 Å². The summed E-state index contributed by atoms with van der Waals surface area (Å²) in [5.74, 6) is -3.20. The lowest BCUT2D eigenvalue weighted by Crippen LogP contribution is -2.45. The number of amides is 2. The van der Waals surface area contributed by atoms with Crippen LogP contribution in [-0.4, -0.2) is 41.4 Å². The monoisotopic (exact) mass is 414 g/mol. The fraction of sp³-hybridized carbons (Fsp3) is 0.300. The Morgan fingerprint density at radius 3 is 2.45 bits per heavy atom. The highest BCUT2D eigenvalue weighted by Gasteiger charge is 2.66. The van der Waals surface area contributed by atoms with Crippen molar-refractivity contribution in [2.24, 2.45) is 16.9 Å². The summed E-state index contributed by atoms with van der Waals surface area (Å²) < 4.78 is 5.23. The Kier molecular flexibility index (Phi) is 5.36. The maximum Gasteiger partial charge on any atom is 0.329 e. The van der Waals surface area contributed by atoms with Crippen LogP contribution < -0.4 is 11.5 Å². The number of hydrogen-bond donors (Lipinski definition) is 2. The molecule has 0 aliphatic carbocycles. The molecule has 0 bridgehead atoms. The summed E-state index contributed by atoms with van der Waals surface area (Å²) in [6.07, 6.45) is 4.30. The van der Waals surface area contributed by atoms with Crippen LogP contribution in [-0.2, 0) is 19.1 Å². The largest absolute Gasteiger partial charge is 0.465 e. The Hall–Kier alpha value is -3.31. The predicted octanol–water partition coefficient (Wildman–Crippen LogP) is 0.974. The number of rotatable bonds is 5. The molecule has 8 nitrogen and oxygen atoms in total. The number of fused-ring (bicyclic) bond motifs is 1. The smallest absolute Gasteiger partial charge is 0.329 e. The molecular formula is C20H19ClN4O4. The van der Waals surface area contributed by atoms with Gasteiger partial charge in [0.2, 0.25) is 11.8 Å². The molecule has 2 amide bonds. The second-order valence-corrected chi connectivity index (χ2v) is 7.21. The highest BCUT2D eigenvalue weighted by molar-refractivity contribution is 6.30. The molecule has 2 aliphatic heterocycles. The SMILES string of the molecule is CCOC(=O)C1(C#N)C(c2ccc(Cl)cc2)C(C(N)=O)N2C=C(C(N)=O)C=CC21. The average Bonchev–Trinajstić information content (AvgIpc) is 2.99. The zero-order valence-electron chi connectivity index (χ0n) is 15.5. The van der Waals surface area contributed by atoms with E-state index in [1.807, 2.05) is 0 Å². The van der Waals surface area contributed by atoms with E-state index in [9.17, 15) is 19.6 Å². The number of hydrogen-bond acceptors (Lipinski definition) is 6. The van der Waals surface area contributed by atoms with Crippen molar-refractivity contribution in [1.82, 2.24) is 4.90 Å². The molecule has 29 heavy (non-hydrogen) atoms. The highest BCUT2D eigenvalue weighted by Crippen LogP contribution is 2.53. The molecule has 4 atom stereocenters. The van der Waals surface area contributed by atoms with Crippen LogP contribution in [0.15, 0.2) is 48.2 Å². The van der Waals surface area contributed by atoms with Crippen molar-refractivity contribution in [2.75, 3.05) is 6.61 Å². The van der Waals surface area contributed by atoms with Crippen LogP contribution in [0.3, 0.4) is 0 Å².